The van der Waals surface area contributed by atoms with E-state index in [-0.39, 0.29) is 6.10 Å². The van der Waals surface area contributed by atoms with Crippen LogP contribution in [0.5, 0.6) is 5.75 Å². The number of alkyl carbamates (subject to hydrolysis) is 1. The van der Waals surface area contributed by atoms with Crippen molar-refractivity contribution >= 4 is 11.8 Å². The number of nitrogens with zero attached hydrogens (tertiary/aromatic N) is 1. The number of carbonyl (C=O) groups is 1. The Bertz CT molecular complexity index is 546. The van der Waals surface area contributed by atoms with E-state index >= 15 is 0 Å². The number of nitrogens with one attached hydrogen (secondary N) is 1. The monoisotopic (exact) mass is 306 g/mol. The molecule has 1 amide bonds. The number of methoxy groups -OCH3 is 1. The van der Waals surface area contributed by atoms with Gasteiger partial charge < -0.3 is 19.6 Å². The molecule has 6 nitrogen and oxygen atoms in total. The van der Waals surface area contributed by atoms with Gasteiger partial charge in [-0.25, -0.2) is 4.79 Å². The highest BCUT2D eigenvalue weighted by Gasteiger charge is 2.24. The van der Waals surface area contributed by atoms with Crippen molar-refractivity contribution in [2.24, 2.45) is 5.16 Å². The molecule has 0 aliphatic carbocycles. The summed E-state index contributed by atoms with van der Waals surface area (Å²) in [5.41, 5.74) is 1.34. The lowest BCUT2D eigenvalue weighted by Crippen LogP contribution is -2.37. The zero-order valence-corrected chi connectivity index (χ0v) is 13.4. The highest BCUT2D eigenvalue weighted by Crippen LogP contribution is 2.19. The van der Waals surface area contributed by atoms with E-state index in [1.807, 2.05) is 45.0 Å². The predicted molar refractivity (Wildman–Crippen MR) is 83.3 cm³/mol. The number of hydrogen-bond donors (Lipinski definition) is 1. The van der Waals surface area contributed by atoms with E-state index in [2.05, 4.69) is 10.5 Å². The van der Waals surface area contributed by atoms with Crippen molar-refractivity contribution in [3.05, 3.63) is 29.8 Å². The maximum atomic E-state index is 11.6. The van der Waals surface area contributed by atoms with E-state index in [9.17, 15) is 4.79 Å². The average Bonchev–Trinajstić information content (AvgIpc) is 2.92. The SMILES string of the molecule is COc1ccc(C2=NO[C@H](CNC(=O)OC(C)(C)C)C2)cc1. The van der Waals surface area contributed by atoms with E-state index in [1.54, 1.807) is 7.11 Å². The topological polar surface area (TPSA) is 69.2 Å². The van der Waals surface area contributed by atoms with E-state index in [0.29, 0.717) is 13.0 Å². The summed E-state index contributed by atoms with van der Waals surface area (Å²) in [5.74, 6) is 0.798. The summed E-state index contributed by atoms with van der Waals surface area (Å²) in [5, 5.41) is 6.77. The lowest BCUT2D eigenvalue weighted by atomic mass is 10.0. The second kappa shape index (κ2) is 6.68. The van der Waals surface area contributed by atoms with Crippen LogP contribution in [0.1, 0.15) is 32.8 Å². The molecule has 1 aromatic carbocycles. The minimum absolute atomic E-state index is 0.176. The van der Waals surface area contributed by atoms with Crippen LogP contribution in [0.25, 0.3) is 0 Å². The van der Waals surface area contributed by atoms with Gasteiger partial charge in [0, 0.05) is 6.42 Å². The van der Waals surface area contributed by atoms with Crippen molar-refractivity contribution in [2.75, 3.05) is 13.7 Å². The van der Waals surface area contributed by atoms with E-state index in [4.69, 9.17) is 14.3 Å². The third kappa shape index (κ3) is 4.65. The molecular weight excluding hydrogens is 284 g/mol. The van der Waals surface area contributed by atoms with E-state index in [0.717, 1.165) is 17.0 Å². The van der Waals surface area contributed by atoms with Crippen molar-refractivity contribution in [3.8, 4) is 5.75 Å². The quantitative estimate of drug-likeness (QED) is 0.928. The number of ether oxygens (including phenoxy) is 2. The summed E-state index contributed by atoms with van der Waals surface area (Å²) in [7, 11) is 1.63. The molecule has 0 spiro atoms. The Hall–Kier alpha value is -2.24. The molecule has 0 saturated carbocycles. The van der Waals surface area contributed by atoms with Crippen LogP contribution in [0.3, 0.4) is 0 Å². The normalized spacial score (nSPS) is 17.5. The number of benzene rings is 1. The zero-order valence-electron chi connectivity index (χ0n) is 13.4. The minimum atomic E-state index is -0.509. The molecule has 1 heterocycles. The standard InChI is InChI=1S/C16H22N2O4/c1-16(2,3)21-15(19)17-10-13-9-14(18-22-13)11-5-7-12(20-4)8-6-11/h5-8,13H,9-10H2,1-4H3,(H,17,19)/t13-/m0/s1. The van der Waals surface area contributed by atoms with Crippen LogP contribution in [0.2, 0.25) is 0 Å². The predicted octanol–water partition coefficient (Wildman–Crippen LogP) is 2.71. The molecule has 1 N–H and O–H groups in total. The van der Waals surface area contributed by atoms with Crippen molar-refractivity contribution in [1.82, 2.24) is 5.32 Å². The summed E-state index contributed by atoms with van der Waals surface area (Å²) in [4.78, 5) is 16.9. The molecule has 1 aliphatic heterocycles. The first-order valence-corrected chi connectivity index (χ1v) is 7.21. The molecule has 120 valence electrons. The zero-order chi connectivity index (χ0) is 16.2. The third-order valence-corrected chi connectivity index (χ3v) is 3.03. The number of hydrogen-bond acceptors (Lipinski definition) is 5. The van der Waals surface area contributed by atoms with Crippen LogP contribution >= 0.6 is 0 Å². The fourth-order valence-electron chi connectivity index (χ4n) is 2.00. The van der Waals surface area contributed by atoms with Gasteiger partial charge in [-0.3, -0.25) is 0 Å². The maximum Gasteiger partial charge on any atom is 0.407 e. The summed E-state index contributed by atoms with van der Waals surface area (Å²) >= 11 is 0. The van der Waals surface area contributed by atoms with Gasteiger partial charge in [-0.15, -0.1) is 0 Å². The van der Waals surface area contributed by atoms with Gasteiger partial charge in [-0.05, 0) is 50.6 Å². The van der Waals surface area contributed by atoms with Gasteiger partial charge in [-0.1, -0.05) is 5.16 Å². The second-order valence-corrected chi connectivity index (χ2v) is 6.08. The Morgan fingerprint density at radius 2 is 2.05 bits per heavy atom. The average molecular weight is 306 g/mol. The fraction of sp³-hybridized carbons (Fsp3) is 0.500. The number of amides is 1. The van der Waals surface area contributed by atoms with Crippen LogP contribution in [0.15, 0.2) is 29.4 Å². The fourth-order valence-corrected chi connectivity index (χ4v) is 2.00. The molecule has 0 aromatic heterocycles. The molecule has 0 unspecified atom stereocenters. The van der Waals surface area contributed by atoms with Gasteiger partial charge in [-0.2, -0.15) is 0 Å². The maximum absolute atomic E-state index is 11.6. The number of rotatable bonds is 4. The first-order valence-electron chi connectivity index (χ1n) is 7.21. The summed E-state index contributed by atoms with van der Waals surface area (Å²) < 4.78 is 10.3. The third-order valence-electron chi connectivity index (χ3n) is 3.03. The second-order valence-electron chi connectivity index (χ2n) is 6.08. The molecule has 0 radical (unpaired) electrons. The van der Waals surface area contributed by atoms with Crippen molar-refractivity contribution in [2.45, 2.75) is 38.9 Å². The Morgan fingerprint density at radius 1 is 1.36 bits per heavy atom. The van der Waals surface area contributed by atoms with Gasteiger partial charge >= 0.3 is 6.09 Å². The van der Waals surface area contributed by atoms with Gasteiger partial charge in [0.25, 0.3) is 0 Å². The number of oxime groups is 1. The first-order chi connectivity index (χ1) is 10.4. The van der Waals surface area contributed by atoms with Crippen LogP contribution < -0.4 is 10.1 Å². The Morgan fingerprint density at radius 3 is 2.64 bits per heavy atom. The molecule has 22 heavy (non-hydrogen) atoms. The molecule has 1 aliphatic rings. The van der Waals surface area contributed by atoms with Crippen molar-refractivity contribution < 1.29 is 19.1 Å². The van der Waals surface area contributed by atoms with E-state index < -0.39 is 11.7 Å². The number of carbonyl (C=O) groups excluding carboxylic acids is 1. The van der Waals surface area contributed by atoms with Crippen molar-refractivity contribution in [3.63, 3.8) is 0 Å². The molecular formula is C16H22N2O4. The smallest absolute Gasteiger partial charge is 0.407 e. The summed E-state index contributed by atoms with van der Waals surface area (Å²) in [6.07, 6.45) is 0.0147. The first kappa shape index (κ1) is 16.1. The van der Waals surface area contributed by atoms with Crippen LogP contribution in [0, 0.1) is 0 Å². The Labute approximate surface area is 130 Å². The van der Waals surface area contributed by atoms with E-state index in [1.165, 1.54) is 0 Å². The Kier molecular flexibility index (Phi) is 4.90. The van der Waals surface area contributed by atoms with Gasteiger partial charge in [0.2, 0.25) is 0 Å². The highest BCUT2D eigenvalue weighted by molar-refractivity contribution is 6.01. The molecule has 1 atom stereocenters. The van der Waals surface area contributed by atoms with Crippen LogP contribution in [-0.4, -0.2) is 37.2 Å². The van der Waals surface area contributed by atoms with Gasteiger partial charge in [0.15, 0.2) is 6.10 Å². The van der Waals surface area contributed by atoms with Crippen LogP contribution in [0.4, 0.5) is 4.79 Å². The highest BCUT2D eigenvalue weighted by atomic mass is 16.6. The molecule has 0 saturated heterocycles. The summed E-state index contributed by atoms with van der Waals surface area (Å²) in [6, 6.07) is 7.63. The largest absolute Gasteiger partial charge is 0.497 e. The van der Waals surface area contributed by atoms with Crippen molar-refractivity contribution in [1.29, 1.82) is 0 Å². The van der Waals surface area contributed by atoms with Gasteiger partial charge in [0.1, 0.15) is 11.4 Å². The molecule has 1 aromatic rings. The molecule has 0 bridgehead atoms. The molecule has 0 fully saturated rings. The Balaban J connectivity index is 1.80. The lowest BCUT2D eigenvalue weighted by molar-refractivity contribution is 0.0439. The lowest BCUT2D eigenvalue weighted by Gasteiger charge is -2.20. The van der Waals surface area contributed by atoms with Crippen LogP contribution in [-0.2, 0) is 9.57 Å². The molecule has 2 rings (SSSR count). The molecule has 6 heteroatoms. The van der Waals surface area contributed by atoms with Gasteiger partial charge in [0.05, 0.1) is 19.4 Å². The minimum Gasteiger partial charge on any atom is -0.497 e. The summed E-state index contributed by atoms with van der Waals surface area (Å²) in [6.45, 7) is 5.83.